The Morgan fingerprint density at radius 2 is 1.90 bits per heavy atom. The van der Waals surface area contributed by atoms with Gasteiger partial charge in [-0.15, -0.1) is 0 Å². The van der Waals surface area contributed by atoms with Crippen molar-refractivity contribution in [2.75, 3.05) is 20.8 Å². The predicted molar refractivity (Wildman–Crippen MR) is 79.8 cm³/mol. The molecule has 1 saturated carbocycles. The van der Waals surface area contributed by atoms with Gasteiger partial charge in [-0.25, -0.2) is 0 Å². The third-order valence-electron chi connectivity index (χ3n) is 5.00. The summed E-state index contributed by atoms with van der Waals surface area (Å²) in [6, 6.07) is 5.63. The molecule has 21 heavy (non-hydrogen) atoms. The SMILES string of the molecule is COc1cccc(OC)c1C(O)C1CCOC2(CCC2)C1. The lowest BCUT2D eigenvalue weighted by Crippen LogP contribution is -2.46. The summed E-state index contributed by atoms with van der Waals surface area (Å²) in [5, 5.41) is 10.9. The molecule has 2 aliphatic rings. The first-order chi connectivity index (χ1) is 10.2. The molecule has 3 rings (SSSR count). The van der Waals surface area contributed by atoms with Crippen LogP contribution in [-0.2, 0) is 4.74 Å². The van der Waals surface area contributed by atoms with Gasteiger partial charge in [0.1, 0.15) is 11.5 Å². The first-order valence-corrected chi connectivity index (χ1v) is 7.72. The Balaban J connectivity index is 1.85. The van der Waals surface area contributed by atoms with Gasteiger partial charge >= 0.3 is 0 Å². The predicted octanol–water partition coefficient (Wildman–Crippen LogP) is 3.09. The molecule has 1 aliphatic heterocycles. The molecule has 1 saturated heterocycles. The highest BCUT2D eigenvalue weighted by atomic mass is 16.5. The molecular weight excluding hydrogens is 268 g/mol. The number of aliphatic hydroxyl groups excluding tert-OH is 1. The number of rotatable bonds is 4. The second kappa shape index (κ2) is 5.85. The van der Waals surface area contributed by atoms with E-state index in [-0.39, 0.29) is 11.5 Å². The number of ether oxygens (including phenoxy) is 3. The Labute approximate surface area is 126 Å². The lowest BCUT2D eigenvalue weighted by Gasteiger charge is -2.48. The maximum atomic E-state index is 10.9. The molecule has 0 radical (unpaired) electrons. The molecule has 2 atom stereocenters. The maximum Gasteiger partial charge on any atom is 0.128 e. The van der Waals surface area contributed by atoms with Gasteiger partial charge < -0.3 is 19.3 Å². The fraction of sp³-hybridized carbons (Fsp3) is 0.647. The van der Waals surface area contributed by atoms with E-state index in [2.05, 4.69) is 0 Å². The number of benzene rings is 1. The average molecular weight is 292 g/mol. The van der Waals surface area contributed by atoms with Crippen LogP contribution in [0.5, 0.6) is 11.5 Å². The molecule has 2 unspecified atom stereocenters. The molecule has 1 aliphatic carbocycles. The van der Waals surface area contributed by atoms with Crippen LogP contribution in [0.4, 0.5) is 0 Å². The van der Waals surface area contributed by atoms with Gasteiger partial charge in [0.05, 0.1) is 31.5 Å². The van der Waals surface area contributed by atoms with Crippen molar-refractivity contribution in [3.05, 3.63) is 23.8 Å². The third kappa shape index (κ3) is 2.62. The highest BCUT2D eigenvalue weighted by Gasteiger charge is 2.45. The fourth-order valence-electron chi connectivity index (χ4n) is 3.66. The summed E-state index contributed by atoms with van der Waals surface area (Å²) in [7, 11) is 3.25. The molecular formula is C17H24O4. The minimum atomic E-state index is -0.572. The summed E-state index contributed by atoms with van der Waals surface area (Å²) >= 11 is 0. The van der Waals surface area contributed by atoms with Crippen molar-refractivity contribution in [1.82, 2.24) is 0 Å². The van der Waals surface area contributed by atoms with E-state index in [0.717, 1.165) is 37.9 Å². The van der Waals surface area contributed by atoms with Gasteiger partial charge in [-0.2, -0.15) is 0 Å². The molecule has 0 bridgehead atoms. The van der Waals surface area contributed by atoms with E-state index in [1.54, 1.807) is 14.2 Å². The summed E-state index contributed by atoms with van der Waals surface area (Å²) in [6.07, 6.45) is 4.72. The first kappa shape index (κ1) is 14.7. The van der Waals surface area contributed by atoms with Crippen LogP contribution in [0, 0.1) is 5.92 Å². The molecule has 1 heterocycles. The van der Waals surface area contributed by atoms with Gasteiger partial charge in [0.15, 0.2) is 0 Å². The number of aliphatic hydroxyl groups is 1. The van der Waals surface area contributed by atoms with Gasteiger partial charge in [0, 0.05) is 6.61 Å². The van der Waals surface area contributed by atoms with E-state index >= 15 is 0 Å². The van der Waals surface area contributed by atoms with Crippen molar-refractivity contribution in [3.8, 4) is 11.5 Å². The van der Waals surface area contributed by atoms with Crippen LogP contribution in [0.2, 0.25) is 0 Å². The Morgan fingerprint density at radius 1 is 1.24 bits per heavy atom. The van der Waals surface area contributed by atoms with Crippen LogP contribution in [0.25, 0.3) is 0 Å². The summed E-state index contributed by atoms with van der Waals surface area (Å²) < 4.78 is 16.8. The monoisotopic (exact) mass is 292 g/mol. The Hall–Kier alpha value is -1.26. The number of hydrogen-bond donors (Lipinski definition) is 1. The molecule has 1 N–H and O–H groups in total. The fourth-order valence-corrected chi connectivity index (χ4v) is 3.66. The van der Waals surface area contributed by atoms with Crippen LogP contribution in [0.1, 0.15) is 43.8 Å². The zero-order valence-electron chi connectivity index (χ0n) is 12.8. The number of methoxy groups -OCH3 is 2. The van der Waals surface area contributed by atoms with E-state index in [4.69, 9.17) is 14.2 Å². The Bertz CT molecular complexity index is 473. The maximum absolute atomic E-state index is 10.9. The van der Waals surface area contributed by atoms with Gasteiger partial charge in [0.2, 0.25) is 0 Å². The molecule has 2 fully saturated rings. The minimum Gasteiger partial charge on any atom is -0.496 e. The zero-order valence-corrected chi connectivity index (χ0v) is 12.8. The van der Waals surface area contributed by atoms with Crippen LogP contribution in [0.3, 0.4) is 0 Å². The standard InChI is InChI=1S/C17H24O4/c1-19-13-5-3-6-14(20-2)15(13)16(18)12-7-10-21-17(11-12)8-4-9-17/h3,5-6,12,16,18H,4,7-11H2,1-2H3. The van der Waals surface area contributed by atoms with E-state index < -0.39 is 6.10 Å². The van der Waals surface area contributed by atoms with E-state index in [0.29, 0.717) is 11.5 Å². The largest absolute Gasteiger partial charge is 0.496 e. The third-order valence-corrected chi connectivity index (χ3v) is 5.00. The summed E-state index contributed by atoms with van der Waals surface area (Å²) in [5.41, 5.74) is 0.794. The van der Waals surface area contributed by atoms with Gasteiger partial charge in [-0.1, -0.05) is 6.07 Å². The molecule has 4 heteroatoms. The van der Waals surface area contributed by atoms with Gasteiger partial charge in [-0.3, -0.25) is 0 Å². The second-order valence-electron chi connectivity index (χ2n) is 6.16. The molecule has 1 aromatic carbocycles. The van der Waals surface area contributed by atoms with Crippen molar-refractivity contribution >= 4 is 0 Å². The van der Waals surface area contributed by atoms with Crippen LogP contribution >= 0.6 is 0 Å². The van der Waals surface area contributed by atoms with Crippen molar-refractivity contribution in [3.63, 3.8) is 0 Å². The summed E-state index contributed by atoms with van der Waals surface area (Å²) in [4.78, 5) is 0. The average Bonchev–Trinajstić information content (AvgIpc) is 2.51. The van der Waals surface area contributed by atoms with Crippen molar-refractivity contribution in [1.29, 1.82) is 0 Å². The highest BCUT2D eigenvalue weighted by Crippen LogP contribution is 2.49. The topological polar surface area (TPSA) is 47.9 Å². The molecule has 116 valence electrons. The normalized spacial score (nSPS) is 25.2. The lowest BCUT2D eigenvalue weighted by atomic mass is 9.70. The second-order valence-corrected chi connectivity index (χ2v) is 6.16. The zero-order chi connectivity index (χ0) is 14.9. The summed E-state index contributed by atoms with van der Waals surface area (Å²) in [5.74, 6) is 1.58. The smallest absolute Gasteiger partial charge is 0.128 e. The molecule has 0 amide bonds. The first-order valence-electron chi connectivity index (χ1n) is 7.72. The minimum absolute atomic E-state index is 0.0269. The quantitative estimate of drug-likeness (QED) is 0.926. The molecule has 0 aromatic heterocycles. The van der Waals surface area contributed by atoms with Crippen LogP contribution < -0.4 is 9.47 Å². The summed E-state index contributed by atoms with van der Waals surface area (Å²) in [6.45, 7) is 0.735. The van der Waals surface area contributed by atoms with Gasteiger partial charge in [-0.05, 0) is 50.2 Å². The van der Waals surface area contributed by atoms with E-state index in [1.807, 2.05) is 18.2 Å². The van der Waals surface area contributed by atoms with E-state index in [1.165, 1.54) is 6.42 Å². The molecule has 1 spiro atoms. The number of hydrogen-bond acceptors (Lipinski definition) is 4. The van der Waals surface area contributed by atoms with Crippen LogP contribution in [-0.4, -0.2) is 31.5 Å². The van der Waals surface area contributed by atoms with Crippen molar-refractivity contribution in [2.24, 2.45) is 5.92 Å². The van der Waals surface area contributed by atoms with E-state index in [9.17, 15) is 5.11 Å². The van der Waals surface area contributed by atoms with Crippen LogP contribution in [0.15, 0.2) is 18.2 Å². The van der Waals surface area contributed by atoms with Gasteiger partial charge in [0.25, 0.3) is 0 Å². The highest BCUT2D eigenvalue weighted by molar-refractivity contribution is 5.46. The Kier molecular flexibility index (Phi) is 4.09. The van der Waals surface area contributed by atoms with Crippen molar-refractivity contribution < 1.29 is 19.3 Å². The van der Waals surface area contributed by atoms with Crippen molar-refractivity contribution in [2.45, 2.75) is 43.8 Å². The molecule has 1 aromatic rings. The lowest BCUT2D eigenvalue weighted by molar-refractivity contribution is -0.157. The molecule has 4 nitrogen and oxygen atoms in total. The Morgan fingerprint density at radius 3 is 2.43 bits per heavy atom.